The van der Waals surface area contributed by atoms with Gasteiger partial charge in [0, 0.05) is 23.6 Å². The fraction of sp³-hybridized carbons (Fsp3) is 0.556. The average molecular weight is 283 g/mol. The molecule has 4 unspecified atom stereocenters. The van der Waals surface area contributed by atoms with Gasteiger partial charge in [0.25, 0.3) is 0 Å². The van der Waals surface area contributed by atoms with Crippen molar-refractivity contribution >= 4 is 11.6 Å². The molecule has 1 heterocycles. The van der Waals surface area contributed by atoms with Crippen molar-refractivity contribution in [1.29, 1.82) is 0 Å². The lowest BCUT2D eigenvalue weighted by atomic mass is 9.84. The second-order valence-electron chi connectivity index (χ2n) is 6.65. The first kappa shape index (κ1) is 13.1. The first-order valence-corrected chi connectivity index (χ1v) is 8.15. The van der Waals surface area contributed by atoms with E-state index in [0.29, 0.717) is 0 Å². The summed E-state index contributed by atoms with van der Waals surface area (Å²) in [5.41, 5.74) is 2.63. The van der Waals surface area contributed by atoms with Crippen molar-refractivity contribution in [2.45, 2.75) is 44.6 Å². The van der Waals surface area contributed by atoms with Crippen LogP contribution < -0.4 is 5.32 Å². The number of hydrogen-bond donors (Lipinski definition) is 1. The number of carbonyl (C=O) groups excluding carboxylic acids is 2. The number of fused-ring (bicyclic) bond motifs is 1. The van der Waals surface area contributed by atoms with E-state index >= 15 is 0 Å². The molecule has 21 heavy (non-hydrogen) atoms. The Morgan fingerprint density at radius 3 is 2.76 bits per heavy atom. The third-order valence-electron chi connectivity index (χ3n) is 5.48. The molecule has 0 amide bonds. The van der Waals surface area contributed by atoms with Crippen molar-refractivity contribution in [3.8, 4) is 0 Å². The lowest BCUT2D eigenvalue weighted by Gasteiger charge is -2.32. The summed E-state index contributed by atoms with van der Waals surface area (Å²) in [6.45, 7) is 0. The second kappa shape index (κ2) is 4.97. The van der Waals surface area contributed by atoms with Crippen LogP contribution in [0, 0.1) is 17.8 Å². The largest absolute Gasteiger partial charge is 0.384 e. The maximum Gasteiger partial charge on any atom is 0.152 e. The van der Waals surface area contributed by atoms with Crippen molar-refractivity contribution in [3.63, 3.8) is 0 Å². The second-order valence-corrected chi connectivity index (χ2v) is 6.65. The molecular formula is C18H21NO2. The molecule has 1 N–H and O–H groups in total. The van der Waals surface area contributed by atoms with E-state index in [-0.39, 0.29) is 29.4 Å². The molecule has 1 aliphatic heterocycles. The monoisotopic (exact) mass is 283 g/mol. The molecule has 0 aromatic heterocycles. The van der Waals surface area contributed by atoms with Crippen LogP contribution in [0.1, 0.15) is 38.5 Å². The minimum atomic E-state index is -0.414. The standard InChI is InChI=1S/C18H21NO2/c20-17-12-6-2-3-7-13(12)18(21)16(17)15-10-9-11-5-1-4-8-14(11)19-15/h1-2,5-6,12-13,15-16,19H,3-4,7-10H2. The smallest absolute Gasteiger partial charge is 0.152 e. The van der Waals surface area contributed by atoms with Gasteiger partial charge in [-0.2, -0.15) is 0 Å². The summed E-state index contributed by atoms with van der Waals surface area (Å²) in [4.78, 5) is 25.4. The zero-order valence-electron chi connectivity index (χ0n) is 12.2. The Balaban J connectivity index is 1.58. The van der Waals surface area contributed by atoms with Crippen molar-refractivity contribution in [3.05, 3.63) is 35.6 Å². The Morgan fingerprint density at radius 1 is 1.00 bits per heavy atom. The van der Waals surface area contributed by atoms with Gasteiger partial charge in [0.15, 0.2) is 5.78 Å². The van der Waals surface area contributed by atoms with Crippen molar-refractivity contribution in [2.75, 3.05) is 0 Å². The van der Waals surface area contributed by atoms with Crippen LogP contribution in [0.15, 0.2) is 35.6 Å². The predicted octanol–water partition coefficient (Wildman–Crippen LogP) is 2.69. The molecule has 0 saturated heterocycles. The molecule has 0 aromatic rings. The average Bonchev–Trinajstić information content (AvgIpc) is 2.79. The Kier molecular flexibility index (Phi) is 3.09. The van der Waals surface area contributed by atoms with Crippen molar-refractivity contribution < 1.29 is 9.59 Å². The fourth-order valence-electron chi connectivity index (χ4n) is 4.39. The maximum atomic E-state index is 12.7. The maximum absolute atomic E-state index is 12.7. The molecule has 0 spiro atoms. The Hall–Kier alpha value is -1.64. The molecular weight excluding hydrogens is 262 g/mol. The lowest BCUT2D eigenvalue weighted by molar-refractivity contribution is -0.129. The molecule has 3 nitrogen and oxygen atoms in total. The van der Waals surface area contributed by atoms with E-state index in [1.807, 2.05) is 6.08 Å². The predicted molar refractivity (Wildman–Crippen MR) is 80.4 cm³/mol. The summed E-state index contributed by atoms with van der Waals surface area (Å²) in [6, 6.07) is 0.0225. The van der Waals surface area contributed by atoms with Gasteiger partial charge >= 0.3 is 0 Å². The van der Waals surface area contributed by atoms with Crippen LogP contribution in [0.4, 0.5) is 0 Å². The number of Topliss-reactive ketones (excluding diaryl/α,β-unsaturated/α-hetero) is 2. The van der Waals surface area contributed by atoms with Gasteiger partial charge < -0.3 is 5.32 Å². The van der Waals surface area contributed by atoms with Gasteiger partial charge in [-0.05, 0) is 44.1 Å². The molecule has 3 heteroatoms. The van der Waals surface area contributed by atoms with Crippen LogP contribution in [0.3, 0.4) is 0 Å². The summed E-state index contributed by atoms with van der Waals surface area (Å²) < 4.78 is 0. The third kappa shape index (κ3) is 2.02. The summed E-state index contributed by atoms with van der Waals surface area (Å²) in [6.07, 6.45) is 14.2. The van der Waals surface area contributed by atoms with Gasteiger partial charge in [-0.1, -0.05) is 24.3 Å². The number of rotatable bonds is 1. The first-order valence-electron chi connectivity index (χ1n) is 8.15. The minimum absolute atomic E-state index is 0.0225. The normalized spacial score (nSPS) is 38.3. The lowest BCUT2D eigenvalue weighted by Crippen LogP contribution is -2.44. The summed E-state index contributed by atoms with van der Waals surface area (Å²) in [7, 11) is 0. The number of carbonyl (C=O) groups is 2. The minimum Gasteiger partial charge on any atom is -0.384 e. The first-order chi connectivity index (χ1) is 10.3. The van der Waals surface area contributed by atoms with Crippen LogP contribution in [0.2, 0.25) is 0 Å². The highest BCUT2D eigenvalue weighted by Crippen LogP contribution is 2.41. The molecule has 4 rings (SSSR count). The molecule has 4 aliphatic rings. The highest BCUT2D eigenvalue weighted by Gasteiger charge is 2.51. The quantitative estimate of drug-likeness (QED) is 0.594. The third-order valence-corrected chi connectivity index (χ3v) is 5.48. The van der Waals surface area contributed by atoms with Gasteiger partial charge in [-0.3, -0.25) is 9.59 Å². The molecule has 110 valence electrons. The molecule has 0 radical (unpaired) electrons. The summed E-state index contributed by atoms with van der Waals surface area (Å²) >= 11 is 0. The Morgan fingerprint density at radius 2 is 1.90 bits per heavy atom. The topological polar surface area (TPSA) is 46.2 Å². The molecule has 0 bridgehead atoms. The van der Waals surface area contributed by atoms with E-state index in [1.165, 1.54) is 11.3 Å². The zero-order valence-corrected chi connectivity index (χ0v) is 12.2. The molecule has 3 aliphatic carbocycles. The Labute approximate surface area is 125 Å². The van der Waals surface area contributed by atoms with Crippen LogP contribution in [0.25, 0.3) is 0 Å². The molecule has 1 saturated carbocycles. The van der Waals surface area contributed by atoms with Gasteiger partial charge in [-0.15, -0.1) is 0 Å². The molecule has 4 atom stereocenters. The van der Waals surface area contributed by atoms with Crippen molar-refractivity contribution in [1.82, 2.24) is 5.32 Å². The molecule has 1 fully saturated rings. The number of nitrogens with one attached hydrogen (secondary N) is 1. The summed E-state index contributed by atoms with van der Waals surface area (Å²) in [5, 5.41) is 3.53. The van der Waals surface area contributed by atoms with Gasteiger partial charge in [0.2, 0.25) is 0 Å². The van der Waals surface area contributed by atoms with Gasteiger partial charge in [0.1, 0.15) is 5.78 Å². The van der Waals surface area contributed by atoms with Gasteiger partial charge in [-0.25, -0.2) is 0 Å². The van der Waals surface area contributed by atoms with Crippen LogP contribution >= 0.6 is 0 Å². The van der Waals surface area contributed by atoms with E-state index in [9.17, 15) is 9.59 Å². The van der Waals surface area contributed by atoms with E-state index in [2.05, 4.69) is 23.5 Å². The highest BCUT2D eigenvalue weighted by atomic mass is 16.2. The van der Waals surface area contributed by atoms with E-state index in [1.54, 1.807) is 0 Å². The van der Waals surface area contributed by atoms with E-state index in [0.717, 1.165) is 38.5 Å². The SMILES string of the molecule is O=C1C2C=CCCC2C(=O)C1C1CCC2=C(CCC=C2)N1. The van der Waals surface area contributed by atoms with Gasteiger partial charge in [0.05, 0.1) is 5.92 Å². The van der Waals surface area contributed by atoms with Crippen LogP contribution in [0.5, 0.6) is 0 Å². The number of allylic oxidation sites excluding steroid dienone is 6. The Bertz CT molecular complexity index is 584. The van der Waals surface area contributed by atoms with E-state index < -0.39 is 5.92 Å². The number of hydrogen-bond acceptors (Lipinski definition) is 3. The van der Waals surface area contributed by atoms with Crippen LogP contribution in [-0.2, 0) is 9.59 Å². The summed E-state index contributed by atoms with van der Waals surface area (Å²) in [5.74, 6) is -0.241. The molecule has 0 aromatic carbocycles. The fourth-order valence-corrected chi connectivity index (χ4v) is 4.39. The van der Waals surface area contributed by atoms with Crippen molar-refractivity contribution in [2.24, 2.45) is 17.8 Å². The zero-order chi connectivity index (χ0) is 14.4. The number of ketones is 2. The van der Waals surface area contributed by atoms with E-state index in [4.69, 9.17) is 0 Å². The highest BCUT2D eigenvalue weighted by molar-refractivity contribution is 6.13. The van der Waals surface area contributed by atoms with Crippen LogP contribution in [-0.4, -0.2) is 17.6 Å².